The summed E-state index contributed by atoms with van der Waals surface area (Å²) in [6, 6.07) is 10.5. The fourth-order valence-corrected chi connectivity index (χ4v) is 3.52. The molecule has 0 bridgehead atoms. The summed E-state index contributed by atoms with van der Waals surface area (Å²) in [5.41, 5.74) is 6.54. The Morgan fingerprint density at radius 3 is 2.60 bits per heavy atom. The Hall–Kier alpha value is -0.520. The van der Waals surface area contributed by atoms with Gasteiger partial charge in [-0.05, 0) is 0 Å². The summed E-state index contributed by atoms with van der Waals surface area (Å²) in [5.74, 6) is -0.172. The first-order valence-corrected chi connectivity index (χ1v) is 8.75. The number of hydrogen-bond donors (Lipinski definition) is 1. The van der Waals surface area contributed by atoms with Gasteiger partial charge in [-0.25, -0.2) is 0 Å². The zero-order valence-electron chi connectivity index (χ0n) is 8.98. The van der Waals surface area contributed by atoms with E-state index in [-0.39, 0.29) is 26.8 Å². The van der Waals surface area contributed by atoms with Crippen LogP contribution in [0.5, 0.6) is 0 Å². The predicted molar refractivity (Wildman–Crippen MR) is 63.9 cm³/mol. The van der Waals surface area contributed by atoms with E-state index in [0.29, 0.717) is 10.4 Å². The van der Waals surface area contributed by atoms with Crippen molar-refractivity contribution >= 4 is 26.8 Å². The molecule has 0 saturated heterocycles. The van der Waals surface area contributed by atoms with Gasteiger partial charge in [0.1, 0.15) is 0 Å². The molecule has 1 aromatic rings. The molecule has 15 heavy (non-hydrogen) atoms. The van der Waals surface area contributed by atoms with Crippen molar-refractivity contribution in [3.8, 4) is 0 Å². The summed E-state index contributed by atoms with van der Waals surface area (Å²) in [6.45, 7) is 0. The number of carbonyl (C=O) groups excluding carboxylic acids is 1. The average molecular weight is 319 g/mol. The van der Waals surface area contributed by atoms with Gasteiger partial charge in [0, 0.05) is 0 Å². The Morgan fingerprint density at radius 1 is 1.40 bits per heavy atom. The van der Waals surface area contributed by atoms with Crippen molar-refractivity contribution in [3.63, 3.8) is 0 Å². The van der Waals surface area contributed by atoms with Crippen LogP contribution in [0.15, 0.2) is 30.3 Å². The first kappa shape index (κ1) is 12.5. The molecule has 0 aliphatic heterocycles. The minimum absolute atomic E-state index is 0.00803. The third kappa shape index (κ3) is 5.20. The molecule has 0 radical (unpaired) electrons. The minimum atomic E-state index is -0.172. The second kappa shape index (κ2) is 6.87. The molecule has 0 aromatic heterocycles. The van der Waals surface area contributed by atoms with E-state index in [1.54, 1.807) is 0 Å². The standard InChI is InChI=1S/C12H17NOTe/c1-15-11(7-8-12(13)14)9-10-5-3-2-4-6-10/h2-6,11H,7-9H2,1H3,(H2,13,14). The number of nitrogens with two attached hydrogens (primary N) is 1. The molecule has 0 heterocycles. The van der Waals surface area contributed by atoms with E-state index in [1.165, 1.54) is 5.56 Å². The topological polar surface area (TPSA) is 43.1 Å². The molecule has 1 aromatic carbocycles. The SMILES string of the molecule is C[Te]C(CCC(N)=O)Cc1ccccc1. The number of primary amides is 1. The Bertz CT molecular complexity index is 300. The van der Waals surface area contributed by atoms with Crippen LogP contribution in [-0.4, -0.2) is 26.8 Å². The zero-order chi connectivity index (χ0) is 11.1. The molecule has 0 aliphatic rings. The Labute approximate surface area is 101 Å². The van der Waals surface area contributed by atoms with Crippen LogP contribution in [0, 0.1) is 0 Å². The zero-order valence-corrected chi connectivity index (χ0v) is 11.3. The molecule has 1 amide bonds. The molecule has 0 fully saturated rings. The van der Waals surface area contributed by atoms with E-state index in [0.717, 1.165) is 12.8 Å². The van der Waals surface area contributed by atoms with E-state index in [2.05, 4.69) is 29.2 Å². The van der Waals surface area contributed by atoms with Crippen LogP contribution in [0.2, 0.25) is 8.94 Å². The Balaban J connectivity index is 2.43. The normalized spacial score (nSPS) is 12.3. The van der Waals surface area contributed by atoms with Crippen molar-refractivity contribution in [2.75, 3.05) is 0 Å². The molecule has 1 unspecified atom stereocenters. The van der Waals surface area contributed by atoms with Gasteiger partial charge < -0.3 is 0 Å². The number of benzene rings is 1. The summed E-state index contributed by atoms with van der Waals surface area (Å²) < 4.78 is 0.699. The average Bonchev–Trinajstić information content (AvgIpc) is 2.25. The van der Waals surface area contributed by atoms with Crippen molar-refractivity contribution < 1.29 is 4.79 Å². The number of amides is 1. The molecule has 1 atom stereocenters. The van der Waals surface area contributed by atoms with Crippen molar-refractivity contribution in [3.05, 3.63) is 35.9 Å². The van der Waals surface area contributed by atoms with Gasteiger partial charge in [-0.3, -0.25) is 0 Å². The van der Waals surface area contributed by atoms with Gasteiger partial charge in [0.2, 0.25) is 0 Å². The summed E-state index contributed by atoms with van der Waals surface area (Å²) in [5, 5.41) is 0. The molecule has 0 aliphatic carbocycles. The maximum absolute atomic E-state index is 10.7. The van der Waals surface area contributed by atoms with Gasteiger partial charge in [-0.15, -0.1) is 0 Å². The van der Waals surface area contributed by atoms with Crippen molar-refractivity contribution in [1.29, 1.82) is 0 Å². The van der Waals surface area contributed by atoms with Crippen LogP contribution in [-0.2, 0) is 11.2 Å². The van der Waals surface area contributed by atoms with Crippen molar-refractivity contribution in [1.82, 2.24) is 0 Å². The molecule has 1 rings (SSSR count). The number of hydrogen-bond acceptors (Lipinski definition) is 1. The first-order valence-electron chi connectivity index (χ1n) is 5.07. The number of carbonyl (C=O) groups is 1. The molecule has 3 heteroatoms. The van der Waals surface area contributed by atoms with E-state index in [9.17, 15) is 4.79 Å². The Morgan fingerprint density at radius 2 is 2.07 bits per heavy atom. The summed E-state index contributed by atoms with van der Waals surface area (Å²) >= 11 is 0.00803. The van der Waals surface area contributed by atoms with Gasteiger partial charge in [0.15, 0.2) is 0 Å². The van der Waals surface area contributed by atoms with E-state index in [4.69, 9.17) is 5.73 Å². The molecule has 2 N–H and O–H groups in total. The Kier molecular flexibility index (Phi) is 5.75. The maximum atomic E-state index is 10.7. The van der Waals surface area contributed by atoms with Crippen LogP contribution in [0.3, 0.4) is 0 Å². The van der Waals surface area contributed by atoms with Gasteiger partial charge in [-0.1, -0.05) is 0 Å². The van der Waals surface area contributed by atoms with Crippen LogP contribution in [0.1, 0.15) is 18.4 Å². The van der Waals surface area contributed by atoms with Crippen LogP contribution >= 0.6 is 0 Å². The van der Waals surface area contributed by atoms with E-state index in [1.807, 2.05) is 6.07 Å². The fraction of sp³-hybridized carbons (Fsp3) is 0.417. The second-order valence-corrected chi connectivity index (χ2v) is 6.80. The molecule has 82 valence electrons. The third-order valence-electron chi connectivity index (χ3n) is 2.35. The summed E-state index contributed by atoms with van der Waals surface area (Å²) in [4.78, 5) is 13.0. The first-order chi connectivity index (χ1) is 7.22. The number of rotatable bonds is 6. The van der Waals surface area contributed by atoms with Crippen LogP contribution < -0.4 is 5.73 Å². The molecular formula is C12H17NOTe. The fourth-order valence-electron chi connectivity index (χ4n) is 1.48. The van der Waals surface area contributed by atoms with Crippen molar-refractivity contribution in [2.24, 2.45) is 5.73 Å². The van der Waals surface area contributed by atoms with Gasteiger partial charge in [0.05, 0.1) is 0 Å². The predicted octanol–water partition coefficient (Wildman–Crippen LogP) is 2.04. The third-order valence-corrected chi connectivity index (χ3v) is 5.40. The summed E-state index contributed by atoms with van der Waals surface area (Å²) in [7, 11) is 0. The van der Waals surface area contributed by atoms with Crippen LogP contribution in [0.25, 0.3) is 0 Å². The second-order valence-electron chi connectivity index (χ2n) is 3.55. The molecular weight excluding hydrogens is 302 g/mol. The van der Waals surface area contributed by atoms with Gasteiger partial charge in [0.25, 0.3) is 0 Å². The molecule has 2 nitrogen and oxygen atoms in total. The monoisotopic (exact) mass is 321 g/mol. The molecule has 0 spiro atoms. The molecule has 0 saturated carbocycles. The van der Waals surface area contributed by atoms with Gasteiger partial charge in [-0.2, -0.15) is 0 Å². The van der Waals surface area contributed by atoms with E-state index >= 15 is 0 Å². The van der Waals surface area contributed by atoms with E-state index < -0.39 is 0 Å². The van der Waals surface area contributed by atoms with Gasteiger partial charge >= 0.3 is 101 Å². The van der Waals surface area contributed by atoms with Crippen molar-refractivity contribution in [2.45, 2.75) is 28.2 Å². The van der Waals surface area contributed by atoms with Crippen LogP contribution in [0.4, 0.5) is 0 Å². The quantitative estimate of drug-likeness (QED) is 0.801. The summed E-state index contributed by atoms with van der Waals surface area (Å²) in [6.07, 6.45) is 2.60.